The van der Waals surface area contributed by atoms with E-state index < -0.39 is 0 Å². The number of pyridine rings is 1. The van der Waals surface area contributed by atoms with E-state index in [-0.39, 0.29) is 0 Å². The molecule has 112 valence electrons. The summed E-state index contributed by atoms with van der Waals surface area (Å²) in [6.45, 7) is 6.32. The number of anilines is 1. The van der Waals surface area contributed by atoms with Crippen LogP contribution in [0.2, 0.25) is 0 Å². The second kappa shape index (κ2) is 7.79. The van der Waals surface area contributed by atoms with Crippen molar-refractivity contribution in [3.05, 3.63) is 59.9 Å². The molecule has 0 spiro atoms. The summed E-state index contributed by atoms with van der Waals surface area (Å²) >= 11 is 0. The molecular formula is C18H25N3. The zero-order valence-electron chi connectivity index (χ0n) is 13.2. The third-order valence-corrected chi connectivity index (χ3v) is 3.91. The molecule has 0 fully saturated rings. The van der Waals surface area contributed by atoms with Crippen molar-refractivity contribution in [1.29, 1.82) is 0 Å². The first-order valence-electron chi connectivity index (χ1n) is 7.70. The predicted molar refractivity (Wildman–Crippen MR) is 89.5 cm³/mol. The Labute approximate surface area is 128 Å². The highest BCUT2D eigenvalue weighted by Crippen LogP contribution is 2.29. The summed E-state index contributed by atoms with van der Waals surface area (Å²) in [6.07, 6.45) is 4.80. The van der Waals surface area contributed by atoms with Crippen molar-refractivity contribution in [2.75, 3.05) is 18.5 Å². The maximum absolute atomic E-state index is 4.10. The van der Waals surface area contributed by atoms with E-state index in [1.165, 1.54) is 16.8 Å². The molecule has 0 aliphatic rings. The average Bonchev–Trinajstić information content (AvgIpc) is 2.55. The summed E-state index contributed by atoms with van der Waals surface area (Å²) in [5, 5.41) is 3.41. The van der Waals surface area contributed by atoms with Crippen molar-refractivity contribution in [1.82, 2.24) is 10.3 Å². The van der Waals surface area contributed by atoms with Gasteiger partial charge in [-0.1, -0.05) is 25.1 Å². The second-order valence-corrected chi connectivity index (χ2v) is 5.18. The first kappa shape index (κ1) is 15.5. The standard InChI is InChI=1S/C18H25N3/c1-4-17(19-3)16-8-6-7-9-18(16)21(5-2)14-15-10-12-20-13-11-15/h6-13,17,19H,4-5,14H2,1-3H3. The molecule has 0 radical (unpaired) electrons. The van der Waals surface area contributed by atoms with Crippen LogP contribution in [-0.4, -0.2) is 18.6 Å². The Bertz CT molecular complexity index is 535. The van der Waals surface area contributed by atoms with Crippen LogP contribution in [0.5, 0.6) is 0 Å². The van der Waals surface area contributed by atoms with Crippen LogP contribution in [0.4, 0.5) is 5.69 Å². The third kappa shape index (κ3) is 3.82. The van der Waals surface area contributed by atoms with Gasteiger partial charge in [-0.25, -0.2) is 0 Å². The predicted octanol–water partition coefficient (Wildman–Crippen LogP) is 3.78. The molecule has 1 heterocycles. The maximum atomic E-state index is 4.10. The van der Waals surface area contributed by atoms with Crippen molar-refractivity contribution in [3.8, 4) is 0 Å². The zero-order valence-corrected chi connectivity index (χ0v) is 13.2. The Morgan fingerprint density at radius 2 is 1.81 bits per heavy atom. The van der Waals surface area contributed by atoms with E-state index in [4.69, 9.17) is 0 Å². The van der Waals surface area contributed by atoms with Gasteiger partial charge in [-0.15, -0.1) is 0 Å². The van der Waals surface area contributed by atoms with Gasteiger partial charge in [0.05, 0.1) is 0 Å². The van der Waals surface area contributed by atoms with Crippen LogP contribution >= 0.6 is 0 Å². The summed E-state index contributed by atoms with van der Waals surface area (Å²) in [4.78, 5) is 6.52. The van der Waals surface area contributed by atoms with Gasteiger partial charge >= 0.3 is 0 Å². The van der Waals surface area contributed by atoms with E-state index in [1.54, 1.807) is 0 Å². The van der Waals surface area contributed by atoms with Crippen molar-refractivity contribution < 1.29 is 0 Å². The van der Waals surface area contributed by atoms with Gasteiger partial charge in [-0.05, 0) is 49.7 Å². The fourth-order valence-corrected chi connectivity index (χ4v) is 2.73. The van der Waals surface area contributed by atoms with Crippen molar-refractivity contribution in [2.24, 2.45) is 0 Å². The molecule has 0 aliphatic heterocycles. The van der Waals surface area contributed by atoms with E-state index in [9.17, 15) is 0 Å². The molecule has 1 N–H and O–H groups in total. The smallest absolute Gasteiger partial charge is 0.0430 e. The monoisotopic (exact) mass is 283 g/mol. The Morgan fingerprint density at radius 1 is 1.10 bits per heavy atom. The number of para-hydroxylation sites is 1. The lowest BCUT2D eigenvalue weighted by molar-refractivity contribution is 0.574. The molecule has 2 aromatic rings. The molecule has 0 saturated carbocycles. The van der Waals surface area contributed by atoms with E-state index >= 15 is 0 Å². The lowest BCUT2D eigenvalue weighted by Crippen LogP contribution is -2.26. The van der Waals surface area contributed by atoms with Gasteiger partial charge in [0.1, 0.15) is 0 Å². The van der Waals surface area contributed by atoms with Gasteiger partial charge in [-0.3, -0.25) is 4.98 Å². The van der Waals surface area contributed by atoms with Gasteiger partial charge in [0.2, 0.25) is 0 Å². The minimum absolute atomic E-state index is 0.396. The lowest BCUT2D eigenvalue weighted by Gasteiger charge is -2.28. The molecular weight excluding hydrogens is 258 g/mol. The maximum Gasteiger partial charge on any atom is 0.0430 e. The SMILES string of the molecule is CCC(NC)c1ccccc1N(CC)Cc1ccncc1. The number of benzene rings is 1. The summed E-state index contributed by atoms with van der Waals surface area (Å²) in [6, 6.07) is 13.3. The number of hydrogen-bond donors (Lipinski definition) is 1. The van der Waals surface area contributed by atoms with Crippen LogP contribution in [0.15, 0.2) is 48.8 Å². The molecule has 21 heavy (non-hydrogen) atoms. The largest absolute Gasteiger partial charge is 0.367 e. The molecule has 0 bridgehead atoms. The molecule has 2 rings (SSSR count). The van der Waals surface area contributed by atoms with E-state index in [0.29, 0.717) is 6.04 Å². The number of aromatic nitrogens is 1. The summed E-state index contributed by atoms with van der Waals surface area (Å²) < 4.78 is 0. The van der Waals surface area contributed by atoms with Crippen LogP contribution < -0.4 is 10.2 Å². The Kier molecular flexibility index (Phi) is 5.76. The van der Waals surface area contributed by atoms with E-state index in [1.807, 2.05) is 19.4 Å². The fraction of sp³-hybridized carbons (Fsp3) is 0.389. The molecule has 1 aromatic heterocycles. The highest BCUT2D eigenvalue weighted by molar-refractivity contribution is 5.55. The topological polar surface area (TPSA) is 28.2 Å². The van der Waals surface area contributed by atoms with Gasteiger partial charge < -0.3 is 10.2 Å². The summed E-state index contributed by atoms with van der Waals surface area (Å²) in [5.74, 6) is 0. The molecule has 0 aliphatic carbocycles. The minimum Gasteiger partial charge on any atom is -0.367 e. The first-order valence-corrected chi connectivity index (χ1v) is 7.70. The number of nitrogens with zero attached hydrogens (tertiary/aromatic N) is 2. The van der Waals surface area contributed by atoms with Crippen molar-refractivity contribution in [3.63, 3.8) is 0 Å². The number of rotatable bonds is 7. The van der Waals surface area contributed by atoms with E-state index in [2.05, 4.69) is 65.4 Å². The second-order valence-electron chi connectivity index (χ2n) is 5.18. The van der Waals surface area contributed by atoms with Crippen LogP contribution in [0.3, 0.4) is 0 Å². The first-order chi connectivity index (χ1) is 10.3. The molecule has 1 aromatic carbocycles. The summed E-state index contributed by atoms with van der Waals surface area (Å²) in [5.41, 5.74) is 3.98. The molecule has 3 heteroatoms. The van der Waals surface area contributed by atoms with E-state index in [0.717, 1.165) is 19.5 Å². The number of hydrogen-bond acceptors (Lipinski definition) is 3. The highest BCUT2D eigenvalue weighted by atomic mass is 15.1. The van der Waals surface area contributed by atoms with Gasteiger partial charge in [-0.2, -0.15) is 0 Å². The van der Waals surface area contributed by atoms with Gasteiger partial charge in [0.25, 0.3) is 0 Å². The Hall–Kier alpha value is -1.87. The van der Waals surface area contributed by atoms with Crippen LogP contribution in [-0.2, 0) is 6.54 Å². The van der Waals surface area contributed by atoms with Crippen LogP contribution in [0.1, 0.15) is 37.4 Å². The van der Waals surface area contributed by atoms with Crippen molar-refractivity contribution >= 4 is 5.69 Å². The van der Waals surface area contributed by atoms with Crippen LogP contribution in [0.25, 0.3) is 0 Å². The third-order valence-electron chi connectivity index (χ3n) is 3.91. The zero-order chi connectivity index (χ0) is 15.1. The molecule has 3 nitrogen and oxygen atoms in total. The number of nitrogens with one attached hydrogen (secondary N) is 1. The van der Waals surface area contributed by atoms with Crippen LogP contribution in [0, 0.1) is 0 Å². The molecule has 1 unspecified atom stereocenters. The van der Waals surface area contributed by atoms with Gasteiger partial charge in [0.15, 0.2) is 0 Å². The fourth-order valence-electron chi connectivity index (χ4n) is 2.73. The summed E-state index contributed by atoms with van der Waals surface area (Å²) in [7, 11) is 2.03. The molecule has 1 atom stereocenters. The lowest BCUT2D eigenvalue weighted by atomic mass is 10.0. The van der Waals surface area contributed by atoms with Crippen molar-refractivity contribution in [2.45, 2.75) is 32.9 Å². The van der Waals surface area contributed by atoms with Gasteiger partial charge in [0, 0.05) is 37.2 Å². The normalized spacial score (nSPS) is 12.1. The Morgan fingerprint density at radius 3 is 2.43 bits per heavy atom. The highest BCUT2D eigenvalue weighted by Gasteiger charge is 2.15. The molecule has 0 amide bonds. The quantitative estimate of drug-likeness (QED) is 0.838. The Balaban J connectivity index is 2.29. The minimum atomic E-state index is 0.396. The average molecular weight is 283 g/mol. The molecule has 0 saturated heterocycles.